The van der Waals surface area contributed by atoms with E-state index in [9.17, 15) is 24.0 Å². The van der Waals surface area contributed by atoms with Gasteiger partial charge in [0.2, 0.25) is 11.8 Å². The Morgan fingerprint density at radius 3 is 2.10 bits per heavy atom. The lowest BCUT2D eigenvalue weighted by Gasteiger charge is -2.29. The van der Waals surface area contributed by atoms with Crippen LogP contribution in [0.2, 0.25) is 0 Å². The van der Waals surface area contributed by atoms with Gasteiger partial charge in [-0.1, -0.05) is 74.5 Å². The summed E-state index contributed by atoms with van der Waals surface area (Å²) >= 11 is 1.39. The summed E-state index contributed by atoms with van der Waals surface area (Å²) < 4.78 is 10.4. The van der Waals surface area contributed by atoms with Gasteiger partial charge in [-0.3, -0.25) is 14.4 Å². The van der Waals surface area contributed by atoms with Crippen molar-refractivity contribution in [1.29, 1.82) is 0 Å². The smallest absolute Gasteiger partial charge is 0.408 e. The number of rotatable bonds is 13. The van der Waals surface area contributed by atoms with Crippen LogP contribution in [0, 0.1) is 5.92 Å². The molecule has 2 N–H and O–H groups in total. The molecule has 2 aromatic carbocycles. The molecule has 0 unspecified atom stereocenters. The highest BCUT2D eigenvalue weighted by Gasteiger charge is 2.40. The van der Waals surface area contributed by atoms with Crippen LogP contribution in [0.1, 0.15) is 45.2 Å². The normalized spacial score (nSPS) is 16.0. The number of thioether (sulfide) groups is 1. The number of carbonyl (C=O) groups excluding carboxylic acids is 5. The number of carbonyl (C=O) groups is 5. The largest absolute Gasteiger partial charge is 0.457 e. The second kappa shape index (κ2) is 16.0. The minimum atomic E-state index is -1.17. The van der Waals surface area contributed by atoms with E-state index in [1.165, 1.54) is 16.7 Å². The Hall–Kier alpha value is -3.86. The van der Waals surface area contributed by atoms with Crippen molar-refractivity contribution in [3.63, 3.8) is 0 Å². The molecule has 3 rings (SSSR count). The number of ketones is 1. The van der Waals surface area contributed by atoms with Crippen molar-refractivity contribution in [2.75, 3.05) is 11.6 Å². The first-order valence-electron chi connectivity index (χ1n) is 14.0. The topological polar surface area (TPSA) is 131 Å². The van der Waals surface area contributed by atoms with Crippen molar-refractivity contribution in [1.82, 2.24) is 15.5 Å². The minimum absolute atomic E-state index is 0.0515. The number of Topliss-reactive ketones (excluding diaryl/α,β-unsaturated/α-hetero) is 1. The highest BCUT2D eigenvalue weighted by atomic mass is 32.2. The van der Waals surface area contributed by atoms with Crippen LogP contribution in [0.25, 0.3) is 0 Å². The Kier molecular flexibility index (Phi) is 12.4. The van der Waals surface area contributed by atoms with Crippen molar-refractivity contribution in [3.05, 3.63) is 71.8 Å². The van der Waals surface area contributed by atoms with Gasteiger partial charge in [0.05, 0.1) is 12.0 Å². The molecule has 0 spiro atoms. The first-order chi connectivity index (χ1) is 20.0. The van der Waals surface area contributed by atoms with Gasteiger partial charge in [-0.05, 0) is 37.3 Å². The fraction of sp³-hybridized carbons (Fsp3) is 0.452. The van der Waals surface area contributed by atoms with Crippen LogP contribution in [0.4, 0.5) is 4.79 Å². The third-order valence-corrected chi connectivity index (χ3v) is 7.45. The second-order valence-electron chi connectivity index (χ2n) is 10.8. The maximum Gasteiger partial charge on any atom is 0.408 e. The van der Waals surface area contributed by atoms with Crippen LogP contribution >= 0.6 is 11.8 Å². The van der Waals surface area contributed by atoms with Crippen LogP contribution in [-0.4, -0.2) is 70.4 Å². The maximum atomic E-state index is 13.7. The number of hydrogen-bond donors (Lipinski definition) is 2. The molecule has 226 valence electrons. The minimum Gasteiger partial charge on any atom is -0.457 e. The lowest BCUT2D eigenvalue weighted by atomic mass is 10.0. The fourth-order valence-corrected chi connectivity index (χ4v) is 5.58. The van der Waals surface area contributed by atoms with Crippen LogP contribution in [-0.2, 0) is 41.7 Å². The average molecular weight is 598 g/mol. The molecule has 11 heteroatoms. The van der Waals surface area contributed by atoms with E-state index < -0.39 is 53.9 Å². The molecule has 3 amide bonds. The molecule has 2 aromatic rings. The monoisotopic (exact) mass is 597 g/mol. The highest BCUT2D eigenvalue weighted by Crippen LogP contribution is 2.24. The Bertz CT molecular complexity index is 1220. The summed E-state index contributed by atoms with van der Waals surface area (Å²) in [7, 11) is 0. The van der Waals surface area contributed by atoms with E-state index in [4.69, 9.17) is 9.47 Å². The summed E-state index contributed by atoms with van der Waals surface area (Å²) in [6.07, 6.45) is -0.816. The number of hydrogen-bond acceptors (Lipinski definition) is 8. The van der Waals surface area contributed by atoms with E-state index in [1.807, 2.05) is 50.2 Å². The van der Waals surface area contributed by atoms with E-state index in [0.29, 0.717) is 12.2 Å². The first-order valence-corrected chi connectivity index (χ1v) is 15.1. The van der Waals surface area contributed by atoms with E-state index >= 15 is 0 Å². The summed E-state index contributed by atoms with van der Waals surface area (Å²) in [6.45, 7) is 7.17. The van der Waals surface area contributed by atoms with Gasteiger partial charge in [0, 0.05) is 12.2 Å². The summed E-state index contributed by atoms with van der Waals surface area (Å²) in [5.41, 5.74) is 1.56. The zero-order valence-electron chi connectivity index (χ0n) is 24.4. The number of esters is 1. The van der Waals surface area contributed by atoms with Crippen LogP contribution in [0.15, 0.2) is 60.7 Å². The lowest BCUT2D eigenvalue weighted by Crippen LogP contribution is -2.57. The molecule has 1 aliphatic heterocycles. The summed E-state index contributed by atoms with van der Waals surface area (Å²) in [4.78, 5) is 66.7. The number of amides is 3. The molecule has 1 heterocycles. The molecule has 0 saturated carbocycles. The van der Waals surface area contributed by atoms with Crippen molar-refractivity contribution in [2.24, 2.45) is 5.92 Å². The molecule has 3 atom stereocenters. The summed E-state index contributed by atoms with van der Waals surface area (Å²) in [5.74, 6) is -2.28. The van der Waals surface area contributed by atoms with E-state index in [-0.39, 0.29) is 24.8 Å². The van der Waals surface area contributed by atoms with Crippen molar-refractivity contribution in [2.45, 2.75) is 71.4 Å². The Morgan fingerprint density at radius 2 is 1.50 bits per heavy atom. The third-order valence-electron chi connectivity index (χ3n) is 6.44. The average Bonchev–Trinajstić information content (AvgIpc) is 3.45. The Balaban J connectivity index is 1.71. The number of benzene rings is 2. The quantitative estimate of drug-likeness (QED) is 0.265. The molecule has 42 heavy (non-hydrogen) atoms. The number of alkyl carbamates (subject to hydrolysis) is 1. The van der Waals surface area contributed by atoms with Gasteiger partial charge in [0.15, 0.2) is 0 Å². The van der Waals surface area contributed by atoms with Gasteiger partial charge in [-0.2, -0.15) is 0 Å². The predicted molar refractivity (Wildman–Crippen MR) is 159 cm³/mol. The van der Waals surface area contributed by atoms with Gasteiger partial charge in [0.25, 0.3) is 5.78 Å². The molecular weight excluding hydrogens is 558 g/mol. The van der Waals surface area contributed by atoms with Crippen LogP contribution in [0.3, 0.4) is 0 Å². The molecular formula is C31H39N3O7S. The Labute approximate surface area is 250 Å². The molecule has 0 bridgehead atoms. The summed E-state index contributed by atoms with van der Waals surface area (Å²) in [6, 6.07) is 15.2. The Morgan fingerprint density at radius 1 is 0.881 bits per heavy atom. The van der Waals surface area contributed by atoms with E-state index in [1.54, 1.807) is 38.1 Å². The molecule has 1 saturated heterocycles. The predicted octanol–water partition coefficient (Wildman–Crippen LogP) is 3.48. The van der Waals surface area contributed by atoms with Crippen molar-refractivity contribution < 1.29 is 33.4 Å². The standard InChI is InChI=1S/C31H39N3O7S/c1-20(2)15-25(33-31(39)40-17-23-13-9-6-10-14-23)29(37)34-19-42-18-26(34)28(36)32-24(16-22-11-7-5-8-12-22)27(35)30(38)41-21(3)4/h5-14,20-21,24-26H,15-19H2,1-4H3,(H,32,36)(H,33,39)/t24-,25-,26-/m0/s1. The van der Waals surface area contributed by atoms with Gasteiger partial charge in [-0.25, -0.2) is 9.59 Å². The maximum absolute atomic E-state index is 13.7. The first kappa shape index (κ1) is 32.7. The van der Waals surface area contributed by atoms with E-state index in [0.717, 1.165) is 11.1 Å². The van der Waals surface area contributed by atoms with Crippen molar-refractivity contribution >= 4 is 41.4 Å². The zero-order valence-corrected chi connectivity index (χ0v) is 25.2. The van der Waals surface area contributed by atoms with Crippen molar-refractivity contribution in [3.8, 4) is 0 Å². The number of nitrogens with zero attached hydrogens (tertiary/aromatic N) is 1. The van der Waals surface area contributed by atoms with Crippen LogP contribution in [0.5, 0.6) is 0 Å². The van der Waals surface area contributed by atoms with Crippen LogP contribution < -0.4 is 10.6 Å². The summed E-state index contributed by atoms with van der Waals surface area (Å²) in [5, 5.41) is 5.37. The molecule has 10 nitrogen and oxygen atoms in total. The van der Waals surface area contributed by atoms with Gasteiger partial charge >= 0.3 is 12.1 Å². The zero-order chi connectivity index (χ0) is 30.6. The second-order valence-corrected chi connectivity index (χ2v) is 11.8. The highest BCUT2D eigenvalue weighted by molar-refractivity contribution is 7.99. The lowest BCUT2D eigenvalue weighted by molar-refractivity contribution is -0.158. The van der Waals surface area contributed by atoms with E-state index in [2.05, 4.69) is 10.6 Å². The van der Waals surface area contributed by atoms with Gasteiger partial charge in [0.1, 0.15) is 24.7 Å². The molecule has 1 fully saturated rings. The number of ether oxygens (including phenoxy) is 2. The third kappa shape index (κ3) is 9.90. The molecule has 0 aromatic heterocycles. The fourth-order valence-electron chi connectivity index (χ4n) is 4.42. The van der Waals surface area contributed by atoms with Gasteiger partial charge in [-0.15, -0.1) is 11.8 Å². The number of nitrogens with one attached hydrogen (secondary N) is 2. The molecule has 1 aliphatic rings. The molecule has 0 radical (unpaired) electrons. The molecule has 0 aliphatic carbocycles. The van der Waals surface area contributed by atoms with Gasteiger partial charge < -0.3 is 25.0 Å². The SMILES string of the molecule is CC(C)C[C@H](NC(=O)OCc1ccccc1)C(=O)N1CSC[C@H]1C(=O)N[C@@H](Cc1ccccc1)C(=O)C(=O)OC(C)C.